The van der Waals surface area contributed by atoms with E-state index < -0.39 is 5.60 Å². The van der Waals surface area contributed by atoms with Crippen molar-refractivity contribution in [3.63, 3.8) is 0 Å². The van der Waals surface area contributed by atoms with Gasteiger partial charge in [0.25, 0.3) is 5.91 Å². The lowest BCUT2D eigenvalue weighted by Gasteiger charge is -2.30. The lowest BCUT2D eigenvalue weighted by molar-refractivity contribution is -0.155. The monoisotopic (exact) mass is 538 g/mol. The van der Waals surface area contributed by atoms with Crippen LogP contribution in [0.5, 0.6) is 0 Å². The number of nitrogens with zero attached hydrogens (tertiary/aromatic N) is 3. The fourth-order valence-electron chi connectivity index (χ4n) is 5.37. The molecule has 1 aliphatic rings. The fraction of sp³-hybridized carbons (Fsp3) is 0.364. The molecule has 4 aromatic rings. The molecule has 0 spiro atoms. The van der Waals surface area contributed by atoms with Crippen LogP contribution in [0.3, 0.4) is 0 Å². The van der Waals surface area contributed by atoms with Crippen LogP contribution in [-0.2, 0) is 22.5 Å². The smallest absolute Gasteiger partial charge is 0.307 e. The van der Waals surface area contributed by atoms with Gasteiger partial charge in [-0.3, -0.25) is 14.5 Å². The Morgan fingerprint density at radius 1 is 1.05 bits per heavy atom. The largest absolute Gasteiger partial charge is 0.460 e. The molecule has 7 heteroatoms. The molecule has 0 radical (unpaired) electrons. The highest BCUT2D eigenvalue weighted by Gasteiger charge is 2.22. The van der Waals surface area contributed by atoms with Gasteiger partial charge in [0.2, 0.25) is 0 Å². The van der Waals surface area contributed by atoms with E-state index in [1.54, 1.807) is 19.0 Å². The first-order valence-corrected chi connectivity index (χ1v) is 13.8. The van der Waals surface area contributed by atoms with Gasteiger partial charge in [-0.15, -0.1) is 0 Å². The average Bonchev–Trinajstić information content (AvgIpc) is 3.34. The van der Waals surface area contributed by atoms with E-state index in [0.717, 1.165) is 52.8 Å². The predicted octanol–water partition coefficient (Wildman–Crippen LogP) is 6.00. The number of ether oxygens (including phenoxy) is 1. The number of esters is 1. The van der Waals surface area contributed by atoms with E-state index in [-0.39, 0.29) is 11.9 Å². The highest BCUT2D eigenvalue weighted by Crippen LogP contribution is 2.34. The third-order valence-electron chi connectivity index (χ3n) is 7.41. The van der Waals surface area contributed by atoms with Crippen LogP contribution in [0.25, 0.3) is 33.3 Å². The molecule has 0 aliphatic carbocycles. The first-order chi connectivity index (χ1) is 19.0. The van der Waals surface area contributed by atoms with Crippen molar-refractivity contribution in [2.24, 2.45) is 0 Å². The van der Waals surface area contributed by atoms with Crippen LogP contribution in [-0.4, -0.2) is 64.4 Å². The predicted molar refractivity (Wildman–Crippen MR) is 159 cm³/mol. The second-order valence-corrected chi connectivity index (χ2v) is 11.9. The lowest BCUT2D eigenvalue weighted by Crippen LogP contribution is -2.34. The van der Waals surface area contributed by atoms with Gasteiger partial charge in [0.15, 0.2) is 0 Å². The number of hydrogen-bond donors (Lipinski definition) is 1. The molecule has 2 aromatic carbocycles. The summed E-state index contributed by atoms with van der Waals surface area (Å²) in [5.74, 6) is -0.154. The molecule has 1 aliphatic heterocycles. The van der Waals surface area contributed by atoms with Crippen molar-refractivity contribution < 1.29 is 14.3 Å². The zero-order valence-corrected chi connectivity index (χ0v) is 24.3. The number of hydrogen-bond acceptors (Lipinski definition) is 5. The molecule has 40 heavy (non-hydrogen) atoms. The van der Waals surface area contributed by atoms with E-state index in [4.69, 9.17) is 9.72 Å². The van der Waals surface area contributed by atoms with Crippen LogP contribution in [0.2, 0.25) is 0 Å². The van der Waals surface area contributed by atoms with E-state index in [1.165, 1.54) is 16.7 Å². The highest BCUT2D eigenvalue weighted by atomic mass is 16.6. The van der Waals surface area contributed by atoms with Crippen molar-refractivity contribution in [3.05, 3.63) is 77.1 Å². The number of amides is 1. The highest BCUT2D eigenvalue weighted by molar-refractivity contribution is 5.98. The van der Waals surface area contributed by atoms with Gasteiger partial charge in [-0.2, -0.15) is 0 Å². The van der Waals surface area contributed by atoms with Crippen molar-refractivity contribution >= 4 is 22.9 Å². The molecular formula is C33H38N4O3. The summed E-state index contributed by atoms with van der Waals surface area (Å²) in [6, 6.07) is 14.5. The third-order valence-corrected chi connectivity index (χ3v) is 7.41. The topological polar surface area (TPSA) is 78.5 Å². The Balaban J connectivity index is 1.36. The summed E-state index contributed by atoms with van der Waals surface area (Å²) in [6.45, 7) is 10.3. The summed E-state index contributed by atoms with van der Waals surface area (Å²) in [5, 5.41) is 1.05. The van der Waals surface area contributed by atoms with Crippen molar-refractivity contribution in [1.29, 1.82) is 0 Å². The van der Waals surface area contributed by atoms with Crippen LogP contribution >= 0.6 is 0 Å². The van der Waals surface area contributed by atoms with Crippen LogP contribution in [0.1, 0.15) is 54.2 Å². The molecule has 0 saturated heterocycles. The van der Waals surface area contributed by atoms with Gasteiger partial charge in [-0.1, -0.05) is 24.3 Å². The summed E-state index contributed by atoms with van der Waals surface area (Å²) >= 11 is 0. The van der Waals surface area contributed by atoms with Crippen molar-refractivity contribution in [3.8, 4) is 22.3 Å². The van der Waals surface area contributed by atoms with Gasteiger partial charge in [-0.25, -0.2) is 4.98 Å². The first kappa shape index (κ1) is 27.6. The first-order valence-electron chi connectivity index (χ1n) is 13.8. The number of aromatic amines is 1. The van der Waals surface area contributed by atoms with Gasteiger partial charge < -0.3 is 14.6 Å². The van der Waals surface area contributed by atoms with Crippen LogP contribution in [0.15, 0.2) is 54.9 Å². The minimum Gasteiger partial charge on any atom is -0.460 e. The summed E-state index contributed by atoms with van der Waals surface area (Å²) in [7, 11) is 3.52. The summed E-state index contributed by atoms with van der Waals surface area (Å²) < 4.78 is 5.48. The Kier molecular flexibility index (Phi) is 7.51. The molecule has 0 unspecified atom stereocenters. The van der Waals surface area contributed by atoms with E-state index >= 15 is 0 Å². The Morgan fingerprint density at radius 3 is 2.50 bits per heavy atom. The van der Waals surface area contributed by atoms with E-state index in [9.17, 15) is 9.59 Å². The number of carbonyl (C=O) groups is 2. The maximum absolute atomic E-state index is 12.3. The standard InChI is InChI=1S/C33H38N4O3/c1-21-15-25(16-24-11-13-37(20-29(21)24)14-12-30(38)40-33(2,3)4)26-17-27-28(19-35-31(27)34-18-26)22-7-9-23(10-8-22)32(39)36(5)6/h7-10,15-19H,11-14,20H2,1-6H3,(H,34,35). The minimum absolute atomic E-state index is 0.0108. The summed E-state index contributed by atoms with van der Waals surface area (Å²) in [5.41, 5.74) is 9.35. The Morgan fingerprint density at radius 2 is 1.80 bits per heavy atom. The number of nitrogens with one attached hydrogen (secondary N) is 1. The van der Waals surface area contributed by atoms with Gasteiger partial charge in [0, 0.05) is 68.2 Å². The fourth-order valence-corrected chi connectivity index (χ4v) is 5.37. The zero-order chi connectivity index (χ0) is 28.6. The molecule has 2 aromatic heterocycles. The number of aryl methyl sites for hydroxylation is 1. The van der Waals surface area contributed by atoms with Crippen LogP contribution in [0, 0.1) is 6.92 Å². The maximum Gasteiger partial charge on any atom is 0.307 e. The van der Waals surface area contributed by atoms with Crippen LogP contribution < -0.4 is 0 Å². The number of fused-ring (bicyclic) bond motifs is 2. The molecule has 0 bridgehead atoms. The SMILES string of the molecule is Cc1cc(-c2cnc3[nH]cc(-c4ccc(C(=O)N(C)C)cc4)c3c2)cc2c1CN(CCC(=O)OC(C)(C)C)CC2. The molecular weight excluding hydrogens is 500 g/mol. The second-order valence-electron chi connectivity index (χ2n) is 11.9. The normalized spacial score (nSPS) is 13.8. The molecule has 0 fully saturated rings. The average molecular weight is 539 g/mol. The van der Waals surface area contributed by atoms with Gasteiger partial charge in [-0.05, 0) is 80.1 Å². The van der Waals surface area contributed by atoms with Crippen molar-refractivity contribution in [2.45, 2.75) is 52.7 Å². The van der Waals surface area contributed by atoms with Crippen molar-refractivity contribution in [1.82, 2.24) is 19.8 Å². The van der Waals surface area contributed by atoms with E-state index in [0.29, 0.717) is 18.5 Å². The number of carbonyl (C=O) groups excluding carboxylic acids is 2. The molecule has 0 saturated carbocycles. The Bertz CT molecular complexity index is 1560. The number of rotatable bonds is 6. The molecule has 5 rings (SSSR count). The summed E-state index contributed by atoms with van der Waals surface area (Å²) in [6.07, 6.45) is 5.26. The maximum atomic E-state index is 12.3. The summed E-state index contributed by atoms with van der Waals surface area (Å²) in [4.78, 5) is 36.4. The molecule has 1 amide bonds. The molecule has 7 nitrogen and oxygen atoms in total. The Hall–Kier alpha value is -3.97. The van der Waals surface area contributed by atoms with E-state index in [2.05, 4.69) is 35.0 Å². The Labute approximate surface area is 236 Å². The van der Waals surface area contributed by atoms with Gasteiger partial charge >= 0.3 is 5.97 Å². The number of pyridine rings is 1. The van der Waals surface area contributed by atoms with Crippen LogP contribution in [0.4, 0.5) is 0 Å². The minimum atomic E-state index is -0.450. The number of H-pyrrole nitrogens is 1. The zero-order valence-electron chi connectivity index (χ0n) is 24.3. The van der Waals surface area contributed by atoms with Crippen molar-refractivity contribution in [2.75, 3.05) is 27.2 Å². The molecule has 208 valence electrons. The third kappa shape index (κ3) is 5.94. The second kappa shape index (κ2) is 10.9. The lowest BCUT2D eigenvalue weighted by atomic mass is 9.91. The number of aromatic nitrogens is 2. The molecule has 1 N–H and O–H groups in total. The number of benzene rings is 2. The molecule has 0 atom stereocenters. The van der Waals surface area contributed by atoms with Gasteiger partial charge in [0.05, 0.1) is 6.42 Å². The van der Waals surface area contributed by atoms with Gasteiger partial charge in [0.1, 0.15) is 11.2 Å². The quantitative estimate of drug-likeness (QED) is 0.305. The van der Waals surface area contributed by atoms with E-state index in [1.807, 2.05) is 57.4 Å². The molecule has 3 heterocycles.